The van der Waals surface area contributed by atoms with E-state index in [1.807, 2.05) is 42.2 Å². The number of carbonyl (C=O) groups is 2. The maximum atomic E-state index is 12.9. The number of para-hydroxylation sites is 1. The molecule has 0 radical (unpaired) electrons. The fourth-order valence-electron chi connectivity index (χ4n) is 3.03. The Bertz CT molecular complexity index is 773. The van der Waals surface area contributed by atoms with Crippen molar-refractivity contribution in [3.63, 3.8) is 0 Å². The number of carbonyl (C=O) groups excluding carboxylic acids is 2. The molecule has 1 aromatic heterocycles. The Morgan fingerprint density at radius 3 is 2.38 bits per heavy atom. The van der Waals surface area contributed by atoms with Crippen molar-refractivity contribution in [2.24, 2.45) is 0 Å². The van der Waals surface area contributed by atoms with Crippen LogP contribution in [0.15, 0.2) is 42.6 Å². The Morgan fingerprint density at radius 2 is 1.77 bits per heavy atom. The first-order valence-corrected chi connectivity index (χ1v) is 8.80. The second-order valence-electron chi connectivity index (χ2n) is 6.12. The molecule has 2 amide bonds. The second-order valence-corrected chi connectivity index (χ2v) is 6.12. The summed E-state index contributed by atoms with van der Waals surface area (Å²) in [6.07, 6.45) is 1.62. The average molecular weight is 353 g/mol. The fourth-order valence-corrected chi connectivity index (χ4v) is 3.03. The van der Waals surface area contributed by atoms with E-state index in [0.717, 1.165) is 5.69 Å². The summed E-state index contributed by atoms with van der Waals surface area (Å²) < 4.78 is 0. The molecule has 26 heavy (non-hydrogen) atoms. The molecule has 0 N–H and O–H groups in total. The summed E-state index contributed by atoms with van der Waals surface area (Å²) in [5, 5.41) is 0. The minimum atomic E-state index is -0.148. The van der Waals surface area contributed by atoms with Crippen LogP contribution in [0.2, 0.25) is 0 Å². The molecule has 0 unspecified atom stereocenters. The van der Waals surface area contributed by atoms with E-state index >= 15 is 0 Å². The van der Waals surface area contributed by atoms with Gasteiger partial charge >= 0.3 is 0 Å². The smallest absolute Gasteiger partial charge is 0.277 e. The third kappa shape index (κ3) is 3.82. The van der Waals surface area contributed by atoms with Crippen molar-refractivity contribution in [3.8, 4) is 0 Å². The number of amides is 2. The van der Waals surface area contributed by atoms with E-state index in [1.165, 1.54) is 0 Å². The second kappa shape index (κ2) is 7.95. The molecule has 2 aromatic rings. The molecule has 7 heteroatoms. The minimum Gasteiger partial charge on any atom is -0.339 e. The van der Waals surface area contributed by atoms with Crippen LogP contribution >= 0.6 is 0 Å². The molecule has 1 aliphatic heterocycles. The van der Waals surface area contributed by atoms with Gasteiger partial charge in [-0.05, 0) is 25.1 Å². The SMILES string of the molecule is CCN(C(=O)c1ccnc(N2CCN(C(C)=O)CC2)n1)c1ccccc1. The van der Waals surface area contributed by atoms with Gasteiger partial charge < -0.3 is 14.7 Å². The molecule has 1 fully saturated rings. The van der Waals surface area contributed by atoms with Crippen LogP contribution in [-0.2, 0) is 4.79 Å². The lowest BCUT2D eigenvalue weighted by Crippen LogP contribution is -2.48. The van der Waals surface area contributed by atoms with Crippen molar-refractivity contribution < 1.29 is 9.59 Å². The highest BCUT2D eigenvalue weighted by atomic mass is 16.2. The van der Waals surface area contributed by atoms with Crippen LogP contribution in [-0.4, -0.2) is 59.4 Å². The normalized spacial score (nSPS) is 14.2. The number of hydrogen-bond acceptors (Lipinski definition) is 5. The number of aromatic nitrogens is 2. The van der Waals surface area contributed by atoms with E-state index in [1.54, 1.807) is 29.0 Å². The van der Waals surface area contributed by atoms with Gasteiger partial charge in [0.05, 0.1) is 0 Å². The molecule has 7 nitrogen and oxygen atoms in total. The zero-order valence-electron chi connectivity index (χ0n) is 15.1. The fraction of sp³-hybridized carbons (Fsp3) is 0.368. The molecule has 1 aromatic carbocycles. The van der Waals surface area contributed by atoms with Gasteiger partial charge in [0.2, 0.25) is 11.9 Å². The molecule has 0 saturated carbocycles. The minimum absolute atomic E-state index is 0.0796. The summed E-state index contributed by atoms with van der Waals surface area (Å²) in [6.45, 7) is 6.67. The average Bonchev–Trinajstić information content (AvgIpc) is 2.69. The largest absolute Gasteiger partial charge is 0.339 e. The highest BCUT2D eigenvalue weighted by Crippen LogP contribution is 2.17. The number of hydrogen-bond donors (Lipinski definition) is 0. The first-order valence-electron chi connectivity index (χ1n) is 8.80. The number of piperazine rings is 1. The Kier molecular flexibility index (Phi) is 5.46. The molecule has 0 atom stereocenters. The molecule has 0 spiro atoms. The molecule has 1 aliphatic rings. The quantitative estimate of drug-likeness (QED) is 0.838. The van der Waals surface area contributed by atoms with Crippen LogP contribution < -0.4 is 9.80 Å². The van der Waals surface area contributed by atoms with Gasteiger partial charge in [0, 0.05) is 51.5 Å². The third-order valence-corrected chi connectivity index (χ3v) is 4.50. The van der Waals surface area contributed by atoms with E-state index in [4.69, 9.17) is 0 Å². The Morgan fingerprint density at radius 1 is 1.08 bits per heavy atom. The van der Waals surface area contributed by atoms with Crippen molar-refractivity contribution in [2.75, 3.05) is 42.5 Å². The van der Waals surface area contributed by atoms with Gasteiger partial charge in [-0.1, -0.05) is 18.2 Å². The Hall–Kier alpha value is -2.96. The number of anilines is 2. The van der Waals surface area contributed by atoms with E-state index < -0.39 is 0 Å². The monoisotopic (exact) mass is 353 g/mol. The summed E-state index contributed by atoms with van der Waals surface area (Å²) in [6, 6.07) is 11.2. The van der Waals surface area contributed by atoms with Crippen LogP contribution in [0.3, 0.4) is 0 Å². The van der Waals surface area contributed by atoms with Crippen molar-refractivity contribution in [1.82, 2.24) is 14.9 Å². The molecule has 0 aliphatic carbocycles. The summed E-state index contributed by atoms with van der Waals surface area (Å²) in [4.78, 5) is 38.7. The zero-order valence-corrected chi connectivity index (χ0v) is 15.1. The van der Waals surface area contributed by atoms with E-state index in [-0.39, 0.29) is 11.8 Å². The van der Waals surface area contributed by atoms with Gasteiger partial charge in [-0.25, -0.2) is 9.97 Å². The molecule has 3 rings (SSSR count). The predicted molar refractivity (Wildman–Crippen MR) is 100 cm³/mol. The summed E-state index contributed by atoms with van der Waals surface area (Å²) in [5.74, 6) is 0.462. The maximum absolute atomic E-state index is 12.9. The highest BCUT2D eigenvalue weighted by Gasteiger charge is 2.23. The summed E-state index contributed by atoms with van der Waals surface area (Å²) in [7, 11) is 0. The lowest BCUT2D eigenvalue weighted by atomic mass is 10.2. The number of nitrogens with zero attached hydrogens (tertiary/aromatic N) is 5. The van der Waals surface area contributed by atoms with Gasteiger partial charge in [0.25, 0.3) is 5.91 Å². The Balaban J connectivity index is 1.77. The van der Waals surface area contributed by atoms with E-state index in [9.17, 15) is 9.59 Å². The van der Waals surface area contributed by atoms with E-state index in [0.29, 0.717) is 44.4 Å². The number of benzene rings is 1. The first-order chi connectivity index (χ1) is 12.6. The standard InChI is InChI=1S/C19H23N5O2/c1-3-24(16-7-5-4-6-8-16)18(26)17-9-10-20-19(21-17)23-13-11-22(12-14-23)15(2)25/h4-10H,3,11-14H2,1-2H3. The predicted octanol–water partition coefficient (Wildman–Crippen LogP) is 1.81. The molecule has 136 valence electrons. The van der Waals surface area contributed by atoms with Crippen LogP contribution in [0.1, 0.15) is 24.3 Å². The molecular weight excluding hydrogens is 330 g/mol. The lowest BCUT2D eigenvalue weighted by Gasteiger charge is -2.34. The summed E-state index contributed by atoms with van der Waals surface area (Å²) >= 11 is 0. The van der Waals surface area contributed by atoms with Crippen molar-refractivity contribution in [2.45, 2.75) is 13.8 Å². The number of rotatable bonds is 4. The van der Waals surface area contributed by atoms with Crippen LogP contribution in [0.25, 0.3) is 0 Å². The lowest BCUT2D eigenvalue weighted by molar-refractivity contribution is -0.129. The van der Waals surface area contributed by atoms with Crippen LogP contribution in [0.4, 0.5) is 11.6 Å². The highest BCUT2D eigenvalue weighted by molar-refractivity contribution is 6.04. The molecule has 2 heterocycles. The van der Waals surface area contributed by atoms with Gasteiger partial charge in [-0.2, -0.15) is 0 Å². The zero-order chi connectivity index (χ0) is 18.5. The molecule has 1 saturated heterocycles. The molecular formula is C19H23N5O2. The van der Waals surface area contributed by atoms with Crippen molar-refractivity contribution in [3.05, 3.63) is 48.3 Å². The van der Waals surface area contributed by atoms with Crippen molar-refractivity contribution >= 4 is 23.5 Å². The maximum Gasteiger partial charge on any atom is 0.277 e. The van der Waals surface area contributed by atoms with Gasteiger partial charge in [0.1, 0.15) is 5.69 Å². The van der Waals surface area contributed by atoms with Crippen LogP contribution in [0, 0.1) is 0 Å². The molecule has 0 bridgehead atoms. The van der Waals surface area contributed by atoms with Crippen molar-refractivity contribution in [1.29, 1.82) is 0 Å². The van der Waals surface area contributed by atoms with Gasteiger partial charge in [0.15, 0.2) is 0 Å². The van der Waals surface area contributed by atoms with Gasteiger partial charge in [-0.3, -0.25) is 9.59 Å². The van der Waals surface area contributed by atoms with Crippen LogP contribution in [0.5, 0.6) is 0 Å². The third-order valence-electron chi connectivity index (χ3n) is 4.50. The summed E-state index contributed by atoms with van der Waals surface area (Å²) in [5.41, 5.74) is 1.21. The van der Waals surface area contributed by atoms with Gasteiger partial charge in [-0.15, -0.1) is 0 Å². The topological polar surface area (TPSA) is 69.6 Å². The van der Waals surface area contributed by atoms with E-state index in [2.05, 4.69) is 9.97 Å². The first kappa shape index (κ1) is 17.8. The Labute approximate surface area is 153 Å².